The van der Waals surface area contributed by atoms with Crippen LogP contribution in [0.2, 0.25) is 5.54 Å². The lowest BCUT2D eigenvalue weighted by atomic mass is 10.2. The van der Waals surface area contributed by atoms with Crippen molar-refractivity contribution in [2.24, 2.45) is 5.92 Å². The van der Waals surface area contributed by atoms with E-state index in [-0.39, 0.29) is 9.52 Å². The quantitative estimate of drug-likeness (QED) is 0.604. The molecule has 0 saturated heterocycles. The molecule has 0 aromatic heterocycles. The van der Waals surface area contributed by atoms with Crippen molar-refractivity contribution < 1.29 is 0 Å². The molecule has 0 fully saturated rings. The van der Waals surface area contributed by atoms with E-state index < -0.39 is 0 Å². The van der Waals surface area contributed by atoms with Gasteiger partial charge in [-0.3, -0.25) is 0 Å². The SMILES string of the molecule is CCC(C)[SiH2]C(=CN(CC)CC)C(C)C. The van der Waals surface area contributed by atoms with Gasteiger partial charge in [0.05, 0.1) is 9.52 Å². The monoisotopic (exact) mass is 227 g/mol. The maximum absolute atomic E-state index is 2.45. The average Bonchev–Trinajstić information content (AvgIpc) is 2.23. The van der Waals surface area contributed by atoms with Crippen LogP contribution in [0.4, 0.5) is 0 Å². The van der Waals surface area contributed by atoms with Gasteiger partial charge in [-0.15, -0.1) is 0 Å². The summed E-state index contributed by atoms with van der Waals surface area (Å²) in [6.45, 7) is 16.2. The van der Waals surface area contributed by atoms with E-state index in [1.54, 1.807) is 5.20 Å². The highest BCUT2D eigenvalue weighted by Gasteiger charge is 2.09. The first-order valence-electron chi connectivity index (χ1n) is 6.49. The topological polar surface area (TPSA) is 3.24 Å². The molecule has 0 saturated carbocycles. The lowest BCUT2D eigenvalue weighted by Crippen LogP contribution is -2.20. The van der Waals surface area contributed by atoms with Crippen LogP contribution in [0.1, 0.15) is 48.0 Å². The molecular weight excluding hydrogens is 198 g/mol. The van der Waals surface area contributed by atoms with Crippen molar-refractivity contribution in [2.75, 3.05) is 13.1 Å². The maximum Gasteiger partial charge on any atom is 0.0546 e. The van der Waals surface area contributed by atoms with Crippen LogP contribution in [-0.4, -0.2) is 27.5 Å². The van der Waals surface area contributed by atoms with E-state index in [0.717, 1.165) is 24.5 Å². The summed E-state index contributed by atoms with van der Waals surface area (Å²) in [4.78, 5) is 2.44. The van der Waals surface area contributed by atoms with Gasteiger partial charge >= 0.3 is 0 Å². The molecule has 0 aromatic rings. The third-order valence-corrected chi connectivity index (χ3v) is 5.93. The van der Waals surface area contributed by atoms with Gasteiger partial charge in [0, 0.05) is 13.1 Å². The smallest absolute Gasteiger partial charge is 0.0546 e. The molecule has 0 aliphatic heterocycles. The Morgan fingerprint density at radius 3 is 2.00 bits per heavy atom. The molecule has 1 atom stereocenters. The molecule has 1 nitrogen and oxygen atoms in total. The van der Waals surface area contributed by atoms with Crippen molar-refractivity contribution >= 4 is 9.52 Å². The highest BCUT2D eigenvalue weighted by atomic mass is 28.2. The van der Waals surface area contributed by atoms with Crippen molar-refractivity contribution in [3.05, 3.63) is 11.4 Å². The molecule has 0 radical (unpaired) electrons. The van der Waals surface area contributed by atoms with Gasteiger partial charge in [-0.1, -0.05) is 44.9 Å². The molecular formula is C13H29NSi. The van der Waals surface area contributed by atoms with Gasteiger partial charge in [-0.2, -0.15) is 0 Å². The Bertz CT molecular complexity index is 183. The van der Waals surface area contributed by atoms with Gasteiger partial charge in [-0.25, -0.2) is 0 Å². The molecule has 0 N–H and O–H groups in total. The van der Waals surface area contributed by atoms with Gasteiger partial charge in [-0.05, 0) is 26.0 Å². The van der Waals surface area contributed by atoms with Gasteiger partial charge in [0.15, 0.2) is 0 Å². The Morgan fingerprint density at radius 1 is 1.13 bits per heavy atom. The molecule has 2 heteroatoms. The van der Waals surface area contributed by atoms with Gasteiger partial charge < -0.3 is 4.90 Å². The number of hydrogen-bond acceptors (Lipinski definition) is 1. The summed E-state index contributed by atoms with van der Waals surface area (Å²) < 4.78 is 0. The first-order chi connectivity index (χ1) is 7.04. The molecule has 0 bridgehead atoms. The zero-order chi connectivity index (χ0) is 11.8. The van der Waals surface area contributed by atoms with Crippen LogP contribution in [0.15, 0.2) is 11.4 Å². The Morgan fingerprint density at radius 2 is 1.67 bits per heavy atom. The molecule has 1 unspecified atom stereocenters. The molecule has 90 valence electrons. The Kier molecular flexibility index (Phi) is 7.84. The molecule has 0 aromatic carbocycles. The zero-order valence-electron chi connectivity index (χ0n) is 11.5. The predicted octanol–water partition coefficient (Wildman–Crippen LogP) is 3.21. The van der Waals surface area contributed by atoms with Crippen molar-refractivity contribution in [2.45, 2.75) is 53.5 Å². The average molecular weight is 227 g/mol. The van der Waals surface area contributed by atoms with Gasteiger partial charge in [0.1, 0.15) is 0 Å². The van der Waals surface area contributed by atoms with E-state index in [4.69, 9.17) is 0 Å². The summed E-state index contributed by atoms with van der Waals surface area (Å²) in [5.41, 5.74) is 0.953. The fraction of sp³-hybridized carbons (Fsp3) is 0.846. The summed E-state index contributed by atoms with van der Waals surface area (Å²) in [6.07, 6.45) is 3.79. The maximum atomic E-state index is 2.45. The third-order valence-electron chi connectivity index (χ3n) is 3.18. The van der Waals surface area contributed by atoms with Crippen molar-refractivity contribution in [1.82, 2.24) is 4.90 Å². The highest BCUT2D eigenvalue weighted by Crippen LogP contribution is 2.17. The summed E-state index contributed by atoms with van der Waals surface area (Å²) in [7, 11) is -0.0398. The normalized spacial score (nSPS) is 15.3. The Balaban J connectivity index is 4.49. The molecule has 0 aliphatic carbocycles. The highest BCUT2D eigenvalue weighted by molar-refractivity contribution is 6.47. The molecule has 0 heterocycles. The minimum Gasteiger partial charge on any atom is -0.378 e. The largest absolute Gasteiger partial charge is 0.378 e. The molecule has 0 rings (SSSR count). The van der Waals surface area contributed by atoms with Crippen molar-refractivity contribution in [3.63, 3.8) is 0 Å². The molecule has 0 aliphatic rings. The van der Waals surface area contributed by atoms with Crippen LogP contribution >= 0.6 is 0 Å². The lowest BCUT2D eigenvalue weighted by Gasteiger charge is -2.22. The Hall–Kier alpha value is -0.243. The second-order valence-corrected chi connectivity index (χ2v) is 7.42. The number of rotatable bonds is 7. The summed E-state index contributed by atoms with van der Waals surface area (Å²) in [5, 5.41) is 1.74. The standard InChI is InChI=1S/C13H29NSi/c1-7-12(6)15-13(11(4)5)10-14(8-2)9-3/h10-12H,7-9,15H2,1-6H3. The minimum absolute atomic E-state index is 0.0398. The van der Waals surface area contributed by atoms with Crippen LogP contribution in [0.3, 0.4) is 0 Å². The fourth-order valence-corrected chi connectivity index (χ4v) is 3.55. The van der Waals surface area contributed by atoms with Gasteiger partial charge in [0.25, 0.3) is 0 Å². The second-order valence-electron chi connectivity index (χ2n) is 4.80. The fourth-order valence-electron chi connectivity index (χ4n) is 1.62. The molecule has 15 heavy (non-hydrogen) atoms. The van der Waals surface area contributed by atoms with Crippen LogP contribution < -0.4 is 0 Å². The summed E-state index contributed by atoms with van der Waals surface area (Å²) in [5.74, 6) is 0.742. The van der Waals surface area contributed by atoms with Crippen LogP contribution in [0.5, 0.6) is 0 Å². The van der Waals surface area contributed by atoms with E-state index in [9.17, 15) is 0 Å². The number of allylic oxidation sites excluding steroid dienone is 1. The Labute approximate surface area is 98.8 Å². The lowest BCUT2D eigenvalue weighted by molar-refractivity contribution is 0.414. The van der Waals surface area contributed by atoms with E-state index in [1.807, 2.05) is 0 Å². The summed E-state index contributed by atoms with van der Waals surface area (Å²) in [6, 6.07) is 0. The number of hydrogen-bond donors (Lipinski definition) is 0. The van der Waals surface area contributed by atoms with Crippen LogP contribution in [0, 0.1) is 5.92 Å². The van der Waals surface area contributed by atoms with Crippen molar-refractivity contribution in [3.8, 4) is 0 Å². The molecule has 0 amide bonds. The van der Waals surface area contributed by atoms with Crippen LogP contribution in [-0.2, 0) is 0 Å². The number of nitrogens with zero attached hydrogens (tertiary/aromatic N) is 1. The minimum atomic E-state index is -0.0398. The van der Waals surface area contributed by atoms with E-state index >= 15 is 0 Å². The summed E-state index contributed by atoms with van der Waals surface area (Å²) >= 11 is 0. The van der Waals surface area contributed by atoms with E-state index in [2.05, 4.69) is 52.6 Å². The first-order valence-corrected chi connectivity index (χ1v) is 8.02. The zero-order valence-corrected chi connectivity index (χ0v) is 12.9. The van der Waals surface area contributed by atoms with E-state index in [0.29, 0.717) is 0 Å². The predicted molar refractivity (Wildman–Crippen MR) is 74.1 cm³/mol. The second kappa shape index (κ2) is 7.97. The van der Waals surface area contributed by atoms with E-state index in [1.165, 1.54) is 6.42 Å². The van der Waals surface area contributed by atoms with Crippen molar-refractivity contribution in [1.29, 1.82) is 0 Å². The first kappa shape index (κ1) is 14.8. The van der Waals surface area contributed by atoms with Crippen LogP contribution in [0.25, 0.3) is 0 Å². The molecule has 0 spiro atoms. The van der Waals surface area contributed by atoms with Gasteiger partial charge in [0.2, 0.25) is 0 Å². The third kappa shape index (κ3) is 6.03.